The largest absolute Gasteiger partial charge is 0.369 e. The van der Waals surface area contributed by atoms with Gasteiger partial charge in [-0.3, -0.25) is 9.69 Å². The lowest BCUT2D eigenvalue weighted by Gasteiger charge is -2.15. The Morgan fingerprint density at radius 1 is 1.12 bits per heavy atom. The molecule has 2 heterocycles. The van der Waals surface area contributed by atoms with E-state index in [-0.39, 0.29) is 6.42 Å². The number of fused-ring (bicyclic) bond motifs is 1. The van der Waals surface area contributed by atoms with Crippen molar-refractivity contribution in [3.8, 4) is 5.69 Å². The van der Waals surface area contributed by atoms with Gasteiger partial charge < -0.3 is 5.73 Å². The zero-order chi connectivity index (χ0) is 18.1. The van der Waals surface area contributed by atoms with Crippen LogP contribution in [0.2, 0.25) is 0 Å². The van der Waals surface area contributed by atoms with Crippen LogP contribution in [-0.2, 0) is 30.8 Å². The van der Waals surface area contributed by atoms with E-state index in [1.807, 2.05) is 29.8 Å². The van der Waals surface area contributed by atoms with E-state index in [0.717, 1.165) is 30.2 Å². The van der Waals surface area contributed by atoms with Crippen molar-refractivity contribution in [1.29, 1.82) is 0 Å². The van der Waals surface area contributed by atoms with Crippen LogP contribution >= 0.6 is 0 Å². The van der Waals surface area contributed by atoms with Crippen molar-refractivity contribution >= 4 is 5.91 Å². The average molecular weight is 347 g/mol. The van der Waals surface area contributed by atoms with Crippen molar-refractivity contribution in [2.45, 2.75) is 33.0 Å². The molecule has 26 heavy (non-hydrogen) atoms. The van der Waals surface area contributed by atoms with Crippen LogP contribution in [0.5, 0.6) is 0 Å². The summed E-state index contributed by atoms with van der Waals surface area (Å²) < 4.78 is 1.83. The first-order valence-electron chi connectivity index (χ1n) is 8.68. The first kappa shape index (κ1) is 16.5. The summed E-state index contributed by atoms with van der Waals surface area (Å²) in [6.45, 7) is 4.49. The van der Waals surface area contributed by atoms with Crippen molar-refractivity contribution in [2.75, 3.05) is 0 Å². The fraction of sp³-hybridized carbons (Fsp3) is 0.250. The number of primary amides is 1. The monoisotopic (exact) mass is 347 g/mol. The zero-order valence-electron chi connectivity index (χ0n) is 14.7. The van der Waals surface area contributed by atoms with Gasteiger partial charge in [-0.1, -0.05) is 36.4 Å². The van der Waals surface area contributed by atoms with Crippen LogP contribution in [-0.4, -0.2) is 25.6 Å². The van der Waals surface area contributed by atoms with Crippen LogP contribution in [0.1, 0.15) is 28.3 Å². The normalized spacial score (nSPS) is 13.7. The van der Waals surface area contributed by atoms with Crippen molar-refractivity contribution in [1.82, 2.24) is 19.7 Å². The molecule has 0 aliphatic carbocycles. The average Bonchev–Trinajstić information content (AvgIpc) is 3.17. The second kappa shape index (κ2) is 6.72. The van der Waals surface area contributed by atoms with E-state index in [0.29, 0.717) is 12.4 Å². The minimum atomic E-state index is -0.425. The number of aromatic nitrogens is 3. The molecule has 2 N–H and O–H groups in total. The molecule has 0 radical (unpaired) electrons. The Labute approximate surface area is 152 Å². The third-order valence-corrected chi connectivity index (χ3v) is 4.57. The van der Waals surface area contributed by atoms with Crippen molar-refractivity contribution in [3.05, 3.63) is 76.9 Å². The highest BCUT2D eigenvalue weighted by atomic mass is 16.1. The molecule has 0 bridgehead atoms. The maximum Gasteiger partial charge on any atom is 0.225 e. The summed E-state index contributed by atoms with van der Waals surface area (Å²) in [5, 5.41) is 4.53. The molecule has 1 aromatic heterocycles. The van der Waals surface area contributed by atoms with Crippen molar-refractivity contribution in [3.63, 3.8) is 0 Å². The Kier molecular flexibility index (Phi) is 4.26. The maximum absolute atomic E-state index is 11.3. The lowest BCUT2D eigenvalue weighted by molar-refractivity contribution is -0.117. The molecule has 3 aromatic rings. The van der Waals surface area contributed by atoms with Crippen LogP contribution in [0, 0.1) is 6.92 Å². The molecule has 0 fully saturated rings. The lowest BCUT2D eigenvalue weighted by Crippen LogP contribution is -2.19. The third kappa shape index (κ3) is 3.36. The SMILES string of the molecule is Cc1cccc(-n2nc(CC(N)=O)nc2CN2Cc3ccccc3C2)c1. The number of rotatable bonds is 5. The summed E-state index contributed by atoms with van der Waals surface area (Å²) in [5.41, 5.74) is 10.1. The van der Waals surface area contributed by atoms with E-state index in [9.17, 15) is 4.79 Å². The van der Waals surface area contributed by atoms with Crippen LogP contribution in [0.4, 0.5) is 0 Å². The summed E-state index contributed by atoms with van der Waals surface area (Å²) in [4.78, 5) is 18.2. The van der Waals surface area contributed by atoms with Gasteiger partial charge in [-0.05, 0) is 35.7 Å². The Balaban J connectivity index is 1.64. The molecule has 2 aromatic carbocycles. The number of hydrogen-bond acceptors (Lipinski definition) is 4. The van der Waals surface area contributed by atoms with Gasteiger partial charge in [0.2, 0.25) is 5.91 Å². The highest BCUT2D eigenvalue weighted by Crippen LogP contribution is 2.24. The highest BCUT2D eigenvalue weighted by Gasteiger charge is 2.22. The van der Waals surface area contributed by atoms with E-state index < -0.39 is 5.91 Å². The number of aryl methyl sites for hydroxylation is 1. The molecule has 1 aliphatic heterocycles. The fourth-order valence-electron chi connectivity index (χ4n) is 3.41. The molecule has 1 amide bonds. The first-order valence-corrected chi connectivity index (χ1v) is 8.68. The van der Waals surface area contributed by atoms with Gasteiger partial charge in [0, 0.05) is 13.1 Å². The summed E-state index contributed by atoms with van der Waals surface area (Å²) in [6.07, 6.45) is 0.0477. The number of carbonyl (C=O) groups is 1. The topological polar surface area (TPSA) is 77.0 Å². The molecule has 0 unspecified atom stereocenters. The second-order valence-corrected chi connectivity index (χ2v) is 6.75. The molecule has 6 heteroatoms. The molecule has 1 aliphatic rings. The smallest absolute Gasteiger partial charge is 0.225 e. The van der Waals surface area contributed by atoms with Gasteiger partial charge in [0.25, 0.3) is 0 Å². The second-order valence-electron chi connectivity index (χ2n) is 6.75. The van der Waals surface area contributed by atoms with Crippen LogP contribution in [0.25, 0.3) is 5.69 Å². The van der Waals surface area contributed by atoms with Gasteiger partial charge in [-0.25, -0.2) is 9.67 Å². The van der Waals surface area contributed by atoms with Gasteiger partial charge in [-0.15, -0.1) is 0 Å². The van der Waals surface area contributed by atoms with Gasteiger partial charge in [0.05, 0.1) is 18.7 Å². The summed E-state index contributed by atoms with van der Waals surface area (Å²) >= 11 is 0. The molecule has 4 rings (SSSR count). The lowest BCUT2D eigenvalue weighted by atomic mass is 10.1. The Morgan fingerprint density at radius 3 is 2.50 bits per heavy atom. The highest BCUT2D eigenvalue weighted by molar-refractivity contribution is 5.75. The number of nitrogens with zero attached hydrogens (tertiary/aromatic N) is 4. The summed E-state index contributed by atoms with van der Waals surface area (Å²) in [7, 11) is 0. The maximum atomic E-state index is 11.3. The van der Waals surface area contributed by atoms with Crippen LogP contribution in [0.15, 0.2) is 48.5 Å². The van der Waals surface area contributed by atoms with Crippen LogP contribution < -0.4 is 5.73 Å². The number of benzene rings is 2. The number of carbonyl (C=O) groups excluding carboxylic acids is 1. The predicted molar refractivity (Wildman–Crippen MR) is 98.4 cm³/mol. The number of amides is 1. The van der Waals surface area contributed by atoms with E-state index in [2.05, 4.69) is 45.3 Å². The minimum Gasteiger partial charge on any atom is -0.369 e. The van der Waals surface area contributed by atoms with Crippen molar-refractivity contribution < 1.29 is 4.79 Å². The molecule has 132 valence electrons. The van der Waals surface area contributed by atoms with Gasteiger partial charge in [0.15, 0.2) is 5.82 Å². The van der Waals surface area contributed by atoms with Crippen LogP contribution in [0.3, 0.4) is 0 Å². The zero-order valence-corrected chi connectivity index (χ0v) is 14.7. The standard InChI is InChI=1S/C20H21N5O/c1-14-5-4-8-17(9-14)25-20(22-19(23-25)10-18(21)26)13-24-11-15-6-2-3-7-16(15)12-24/h2-9H,10-13H2,1H3,(H2,21,26). The third-order valence-electron chi connectivity index (χ3n) is 4.57. The van der Waals surface area contributed by atoms with Gasteiger partial charge >= 0.3 is 0 Å². The van der Waals surface area contributed by atoms with E-state index >= 15 is 0 Å². The van der Waals surface area contributed by atoms with Gasteiger partial charge in [0.1, 0.15) is 5.82 Å². The number of nitrogens with two attached hydrogens (primary N) is 1. The van der Waals surface area contributed by atoms with E-state index in [1.165, 1.54) is 11.1 Å². The quantitative estimate of drug-likeness (QED) is 0.767. The minimum absolute atomic E-state index is 0.0477. The molecule has 0 atom stereocenters. The van der Waals surface area contributed by atoms with Gasteiger partial charge in [-0.2, -0.15) is 5.10 Å². The molecular weight excluding hydrogens is 326 g/mol. The fourth-order valence-corrected chi connectivity index (χ4v) is 3.41. The molecular formula is C20H21N5O. The number of hydrogen-bond donors (Lipinski definition) is 1. The Bertz CT molecular complexity index is 937. The Morgan fingerprint density at radius 2 is 1.85 bits per heavy atom. The summed E-state index contributed by atoms with van der Waals surface area (Å²) in [6, 6.07) is 16.6. The molecule has 0 saturated carbocycles. The molecule has 0 spiro atoms. The Hall–Kier alpha value is -2.99. The van der Waals surface area contributed by atoms with E-state index in [1.54, 1.807) is 0 Å². The molecule has 6 nitrogen and oxygen atoms in total. The van der Waals surface area contributed by atoms with Crippen molar-refractivity contribution in [2.24, 2.45) is 5.73 Å². The molecule has 0 saturated heterocycles. The van der Waals surface area contributed by atoms with E-state index in [4.69, 9.17) is 5.73 Å². The predicted octanol–water partition coefficient (Wildman–Crippen LogP) is 2.12. The summed E-state index contributed by atoms with van der Waals surface area (Å²) in [5.74, 6) is 0.858. The first-order chi connectivity index (χ1) is 12.6.